The highest BCUT2D eigenvalue weighted by Crippen LogP contribution is 2.21. The van der Waals surface area contributed by atoms with Crippen LogP contribution in [0.5, 0.6) is 5.88 Å². The molecule has 0 aliphatic heterocycles. The molecule has 0 fully saturated rings. The fourth-order valence-corrected chi connectivity index (χ4v) is 1.41. The van der Waals surface area contributed by atoms with E-state index in [9.17, 15) is 0 Å². The van der Waals surface area contributed by atoms with Gasteiger partial charge in [0, 0.05) is 17.8 Å². The highest BCUT2D eigenvalue weighted by atomic mass is 16.5. The molecule has 0 amide bonds. The number of aromatic nitrogens is 3. The Morgan fingerprint density at radius 2 is 2.11 bits per heavy atom. The molecule has 2 heterocycles. The van der Waals surface area contributed by atoms with Crippen molar-refractivity contribution in [1.29, 1.82) is 0 Å². The summed E-state index contributed by atoms with van der Waals surface area (Å²) in [5.74, 6) is 1.71. The SMILES string of the molecule is COc1ccc(-c2noc([C@@H](N)C(C)C)n2)cn1. The zero-order valence-corrected chi connectivity index (χ0v) is 10.6. The third kappa shape index (κ3) is 2.48. The number of hydrogen-bond donors (Lipinski definition) is 1. The van der Waals surface area contributed by atoms with Crippen LogP contribution in [0.4, 0.5) is 0 Å². The van der Waals surface area contributed by atoms with Crippen molar-refractivity contribution < 1.29 is 9.26 Å². The van der Waals surface area contributed by atoms with Gasteiger partial charge in [0.2, 0.25) is 17.6 Å². The molecule has 0 saturated carbocycles. The minimum absolute atomic E-state index is 0.243. The lowest BCUT2D eigenvalue weighted by atomic mass is 10.1. The van der Waals surface area contributed by atoms with Gasteiger partial charge in [-0.2, -0.15) is 4.98 Å². The number of hydrogen-bond acceptors (Lipinski definition) is 6. The van der Waals surface area contributed by atoms with E-state index in [4.69, 9.17) is 15.0 Å². The smallest absolute Gasteiger partial charge is 0.244 e. The zero-order chi connectivity index (χ0) is 13.1. The third-order valence-electron chi connectivity index (χ3n) is 2.65. The first kappa shape index (κ1) is 12.5. The van der Waals surface area contributed by atoms with Crippen molar-refractivity contribution in [1.82, 2.24) is 15.1 Å². The van der Waals surface area contributed by atoms with Gasteiger partial charge in [-0.25, -0.2) is 4.98 Å². The van der Waals surface area contributed by atoms with Gasteiger partial charge in [0.25, 0.3) is 0 Å². The van der Waals surface area contributed by atoms with E-state index in [1.807, 2.05) is 19.9 Å². The topological polar surface area (TPSA) is 87.1 Å². The summed E-state index contributed by atoms with van der Waals surface area (Å²) in [5, 5.41) is 3.90. The summed E-state index contributed by atoms with van der Waals surface area (Å²) in [7, 11) is 1.57. The lowest BCUT2D eigenvalue weighted by Crippen LogP contribution is -2.16. The number of rotatable bonds is 4. The molecule has 0 saturated heterocycles. The first-order valence-electron chi connectivity index (χ1n) is 5.71. The second kappa shape index (κ2) is 5.14. The molecule has 2 rings (SSSR count). The van der Waals surface area contributed by atoms with E-state index >= 15 is 0 Å². The Bertz CT molecular complexity index is 507. The van der Waals surface area contributed by atoms with Crippen molar-refractivity contribution in [2.24, 2.45) is 11.7 Å². The second-order valence-electron chi connectivity index (χ2n) is 4.32. The van der Waals surface area contributed by atoms with E-state index < -0.39 is 0 Å². The highest BCUT2D eigenvalue weighted by Gasteiger charge is 2.18. The Balaban J connectivity index is 2.23. The lowest BCUT2D eigenvalue weighted by molar-refractivity contribution is 0.325. The lowest BCUT2D eigenvalue weighted by Gasteiger charge is -2.09. The summed E-state index contributed by atoms with van der Waals surface area (Å²) in [5.41, 5.74) is 6.71. The Labute approximate surface area is 105 Å². The molecule has 1 atom stereocenters. The molecule has 2 N–H and O–H groups in total. The normalized spacial score (nSPS) is 12.7. The molecule has 0 radical (unpaired) electrons. The van der Waals surface area contributed by atoms with Crippen molar-refractivity contribution in [3.63, 3.8) is 0 Å². The molecule has 0 unspecified atom stereocenters. The van der Waals surface area contributed by atoms with Crippen LogP contribution in [0.2, 0.25) is 0 Å². The standard InChI is InChI=1S/C12H16N4O2/c1-7(2)10(13)12-15-11(16-18-12)8-4-5-9(17-3)14-6-8/h4-7,10H,13H2,1-3H3/t10-/m0/s1. The van der Waals surface area contributed by atoms with Crippen LogP contribution in [0.3, 0.4) is 0 Å². The summed E-state index contributed by atoms with van der Waals surface area (Å²) in [6.45, 7) is 4.01. The predicted octanol–water partition coefficient (Wildman–Crippen LogP) is 1.80. The summed E-state index contributed by atoms with van der Waals surface area (Å²) >= 11 is 0. The van der Waals surface area contributed by atoms with Gasteiger partial charge in [0.1, 0.15) is 0 Å². The maximum absolute atomic E-state index is 5.94. The van der Waals surface area contributed by atoms with Gasteiger partial charge in [-0.1, -0.05) is 19.0 Å². The molecule has 96 valence electrons. The van der Waals surface area contributed by atoms with E-state index in [0.717, 1.165) is 5.56 Å². The number of nitrogens with zero attached hydrogens (tertiary/aromatic N) is 3. The Morgan fingerprint density at radius 3 is 2.67 bits per heavy atom. The molecule has 2 aromatic rings. The molecule has 0 bridgehead atoms. The monoisotopic (exact) mass is 248 g/mol. The largest absolute Gasteiger partial charge is 0.481 e. The Kier molecular flexibility index (Phi) is 3.57. The van der Waals surface area contributed by atoms with Gasteiger partial charge >= 0.3 is 0 Å². The Morgan fingerprint density at radius 1 is 1.33 bits per heavy atom. The molecule has 0 spiro atoms. The molecule has 0 aliphatic rings. The maximum atomic E-state index is 5.94. The number of ether oxygens (including phenoxy) is 1. The first-order valence-corrected chi connectivity index (χ1v) is 5.71. The third-order valence-corrected chi connectivity index (χ3v) is 2.65. The minimum atomic E-state index is -0.252. The average molecular weight is 248 g/mol. The van der Waals surface area contributed by atoms with Gasteiger partial charge in [-0.05, 0) is 12.0 Å². The molecule has 6 nitrogen and oxygen atoms in total. The van der Waals surface area contributed by atoms with Crippen molar-refractivity contribution >= 4 is 0 Å². The first-order chi connectivity index (χ1) is 8.61. The number of methoxy groups -OCH3 is 1. The summed E-state index contributed by atoms with van der Waals surface area (Å²) < 4.78 is 10.1. The highest BCUT2D eigenvalue weighted by molar-refractivity contribution is 5.53. The van der Waals surface area contributed by atoms with Crippen LogP contribution in [0.15, 0.2) is 22.9 Å². The molecular formula is C12H16N4O2. The van der Waals surface area contributed by atoms with Crippen molar-refractivity contribution in [2.45, 2.75) is 19.9 Å². The van der Waals surface area contributed by atoms with E-state index in [-0.39, 0.29) is 12.0 Å². The summed E-state index contributed by atoms with van der Waals surface area (Å²) in [4.78, 5) is 8.36. The average Bonchev–Trinajstić information content (AvgIpc) is 2.87. The maximum Gasteiger partial charge on any atom is 0.244 e. The fraction of sp³-hybridized carbons (Fsp3) is 0.417. The van der Waals surface area contributed by atoms with Crippen LogP contribution >= 0.6 is 0 Å². The van der Waals surface area contributed by atoms with Crippen LogP contribution in [0.25, 0.3) is 11.4 Å². The van der Waals surface area contributed by atoms with Crippen LogP contribution in [-0.2, 0) is 0 Å². The van der Waals surface area contributed by atoms with Crippen molar-refractivity contribution in [3.05, 3.63) is 24.2 Å². The zero-order valence-electron chi connectivity index (χ0n) is 10.6. The molecule has 18 heavy (non-hydrogen) atoms. The van der Waals surface area contributed by atoms with E-state index in [1.165, 1.54) is 0 Å². The van der Waals surface area contributed by atoms with Crippen LogP contribution in [0, 0.1) is 5.92 Å². The van der Waals surface area contributed by atoms with Gasteiger partial charge in [-0.15, -0.1) is 0 Å². The molecule has 2 aromatic heterocycles. The molecular weight excluding hydrogens is 232 g/mol. The predicted molar refractivity (Wildman–Crippen MR) is 65.8 cm³/mol. The van der Waals surface area contributed by atoms with Crippen LogP contribution < -0.4 is 10.5 Å². The van der Waals surface area contributed by atoms with E-state index in [1.54, 1.807) is 19.4 Å². The van der Waals surface area contributed by atoms with Crippen LogP contribution in [0.1, 0.15) is 25.8 Å². The fourth-order valence-electron chi connectivity index (χ4n) is 1.41. The van der Waals surface area contributed by atoms with Crippen molar-refractivity contribution in [2.75, 3.05) is 7.11 Å². The molecule has 6 heteroatoms. The summed E-state index contributed by atoms with van der Waals surface area (Å²) in [6.07, 6.45) is 1.63. The quantitative estimate of drug-likeness (QED) is 0.887. The Hall–Kier alpha value is -1.95. The van der Waals surface area contributed by atoms with Crippen LogP contribution in [-0.4, -0.2) is 22.2 Å². The van der Waals surface area contributed by atoms with Gasteiger partial charge in [-0.3, -0.25) is 0 Å². The number of pyridine rings is 1. The van der Waals surface area contributed by atoms with Gasteiger partial charge < -0.3 is 15.0 Å². The molecule has 0 aliphatic carbocycles. The number of nitrogens with two attached hydrogens (primary N) is 1. The molecule has 0 aromatic carbocycles. The van der Waals surface area contributed by atoms with E-state index in [0.29, 0.717) is 17.6 Å². The minimum Gasteiger partial charge on any atom is -0.481 e. The van der Waals surface area contributed by atoms with Gasteiger partial charge in [0.15, 0.2) is 0 Å². The summed E-state index contributed by atoms with van der Waals surface area (Å²) in [6, 6.07) is 3.31. The second-order valence-corrected chi connectivity index (χ2v) is 4.32. The van der Waals surface area contributed by atoms with E-state index in [2.05, 4.69) is 15.1 Å². The van der Waals surface area contributed by atoms with Gasteiger partial charge in [0.05, 0.1) is 13.2 Å². The van der Waals surface area contributed by atoms with Crippen molar-refractivity contribution in [3.8, 4) is 17.3 Å².